The molecule has 2 aromatic carbocycles. The molecule has 0 spiro atoms. The molecule has 10 heteroatoms. The van der Waals surface area contributed by atoms with Crippen LogP contribution in [0.15, 0.2) is 54.6 Å². The minimum Gasteiger partial charge on any atom is -0.352 e. The van der Waals surface area contributed by atoms with Crippen LogP contribution in [0.5, 0.6) is 0 Å². The molecule has 0 unspecified atom stereocenters. The van der Waals surface area contributed by atoms with Crippen molar-refractivity contribution < 1.29 is 13.2 Å². The first-order chi connectivity index (χ1) is 13.3. The van der Waals surface area contributed by atoms with Gasteiger partial charge in [0.05, 0.1) is 5.56 Å². The maximum atomic E-state index is 12.7. The molecule has 154 valence electrons. The van der Waals surface area contributed by atoms with E-state index in [1.807, 2.05) is 44.2 Å². The number of hydrogen-bond acceptors (Lipinski definition) is 6. The van der Waals surface area contributed by atoms with Crippen LogP contribution in [-0.2, 0) is 6.18 Å². The molecule has 0 amide bonds. The van der Waals surface area contributed by atoms with Gasteiger partial charge in [-0.1, -0.05) is 18.2 Å². The van der Waals surface area contributed by atoms with E-state index >= 15 is 0 Å². The lowest BCUT2D eigenvalue weighted by molar-refractivity contribution is -0.137. The standard InChI is InChI=1S/C19H19F3N6.ClH/c1-12(2)23-16-26-17(24-14-6-4-3-5-7-14)28-18(27-16)25-15-10-8-13(9-11-15)19(20,21)22;/h3-12H,1-2H3,(H3,23,24,25,26,27,28);1H. The largest absolute Gasteiger partial charge is 0.416 e. The Kier molecular flexibility index (Phi) is 7.22. The van der Waals surface area contributed by atoms with Gasteiger partial charge in [0.25, 0.3) is 0 Å². The van der Waals surface area contributed by atoms with Gasteiger partial charge in [0, 0.05) is 17.4 Å². The average molecular weight is 425 g/mol. The van der Waals surface area contributed by atoms with Gasteiger partial charge in [-0.15, -0.1) is 12.4 Å². The smallest absolute Gasteiger partial charge is 0.352 e. The van der Waals surface area contributed by atoms with Crippen LogP contribution >= 0.6 is 12.4 Å². The number of benzene rings is 2. The van der Waals surface area contributed by atoms with Crippen LogP contribution in [0.25, 0.3) is 0 Å². The van der Waals surface area contributed by atoms with E-state index in [0.29, 0.717) is 17.6 Å². The third-order valence-corrected chi connectivity index (χ3v) is 3.55. The highest BCUT2D eigenvalue weighted by Gasteiger charge is 2.29. The summed E-state index contributed by atoms with van der Waals surface area (Å²) in [6.07, 6.45) is -4.38. The minimum atomic E-state index is -4.38. The Morgan fingerprint density at radius 3 is 1.69 bits per heavy atom. The molecule has 1 heterocycles. The molecule has 0 saturated carbocycles. The molecule has 0 fully saturated rings. The highest BCUT2D eigenvalue weighted by atomic mass is 35.5. The SMILES string of the molecule is CC(C)Nc1nc(Nc2ccccc2)nc(Nc2ccc(C(F)(F)F)cc2)n1.Cl. The fourth-order valence-electron chi connectivity index (χ4n) is 2.33. The number of rotatable bonds is 6. The molecule has 0 bridgehead atoms. The minimum absolute atomic E-state index is 0. The Bertz CT molecular complexity index is 917. The number of halogens is 4. The van der Waals surface area contributed by atoms with E-state index in [-0.39, 0.29) is 24.4 Å². The van der Waals surface area contributed by atoms with Gasteiger partial charge in [-0.3, -0.25) is 0 Å². The Balaban J connectivity index is 0.00000300. The van der Waals surface area contributed by atoms with E-state index in [9.17, 15) is 13.2 Å². The first kappa shape index (κ1) is 22.2. The quantitative estimate of drug-likeness (QED) is 0.477. The molecular formula is C19H20ClF3N6. The van der Waals surface area contributed by atoms with Crippen molar-refractivity contribution in [1.29, 1.82) is 0 Å². The van der Waals surface area contributed by atoms with E-state index in [0.717, 1.165) is 17.8 Å². The molecule has 3 aromatic rings. The van der Waals surface area contributed by atoms with E-state index in [2.05, 4.69) is 30.9 Å². The van der Waals surface area contributed by atoms with Crippen LogP contribution in [0.1, 0.15) is 19.4 Å². The molecule has 1 aromatic heterocycles. The van der Waals surface area contributed by atoms with Crippen LogP contribution in [0, 0.1) is 0 Å². The Hall–Kier alpha value is -3.07. The summed E-state index contributed by atoms with van der Waals surface area (Å²) in [7, 11) is 0. The molecule has 0 aliphatic rings. The molecule has 0 radical (unpaired) electrons. The molecule has 0 aliphatic carbocycles. The fourth-order valence-corrected chi connectivity index (χ4v) is 2.33. The van der Waals surface area contributed by atoms with Crippen molar-refractivity contribution in [2.45, 2.75) is 26.1 Å². The number of nitrogens with one attached hydrogen (secondary N) is 3. The van der Waals surface area contributed by atoms with Gasteiger partial charge in [-0.25, -0.2) is 0 Å². The summed E-state index contributed by atoms with van der Waals surface area (Å²) in [4.78, 5) is 12.9. The van der Waals surface area contributed by atoms with Crippen LogP contribution in [-0.4, -0.2) is 21.0 Å². The predicted octanol–water partition coefficient (Wildman–Crippen LogP) is 5.62. The van der Waals surface area contributed by atoms with Gasteiger partial charge < -0.3 is 16.0 Å². The molecule has 0 atom stereocenters. The summed E-state index contributed by atoms with van der Waals surface area (Å²) in [6, 6.07) is 14.1. The third kappa shape index (κ3) is 6.49. The monoisotopic (exact) mass is 424 g/mol. The molecule has 3 rings (SSSR count). The zero-order chi connectivity index (χ0) is 20.1. The molecule has 3 N–H and O–H groups in total. The predicted molar refractivity (Wildman–Crippen MR) is 110 cm³/mol. The van der Waals surface area contributed by atoms with Gasteiger partial charge in [0.1, 0.15) is 0 Å². The summed E-state index contributed by atoms with van der Waals surface area (Å²) in [5, 5.41) is 9.09. The second kappa shape index (κ2) is 9.42. The topological polar surface area (TPSA) is 74.8 Å². The highest BCUT2D eigenvalue weighted by molar-refractivity contribution is 5.85. The first-order valence-corrected chi connectivity index (χ1v) is 8.58. The van der Waals surface area contributed by atoms with Gasteiger partial charge in [-0.2, -0.15) is 28.1 Å². The maximum Gasteiger partial charge on any atom is 0.416 e. The molecule has 29 heavy (non-hydrogen) atoms. The molecular weight excluding hydrogens is 405 g/mol. The van der Waals surface area contributed by atoms with Crippen molar-refractivity contribution in [3.05, 3.63) is 60.2 Å². The van der Waals surface area contributed by atoms with Gasteiger partial charge in [-0.05, 0) is 50.2 Å². The lowest BCUT2D eigenvalue weighted by Gasteiger charge is -2.13. The Labute approximate surface area is 172 Å². The van der Waals surface area contributed by atoms with Gasteiger partial charge >= 0.3 is 6.18 Å². The Morgan fingerprint density at radius 1 is 0.724 bits per heavy atom. The second-order valence-corrected chi connectivity index (χ2v) is 6.30. The molecule has 0 saturated heterocycles. The lowest BCUT2D eigenvalue weighted by Crippen LogP contribution is -2.15. The highest BCUT2D eigenvalue weighted by Crippen LogP contribution is 2.30. The fraction of sp³-hybridized carbons (Fsp3) is 0.211. The number of hydrogen-bond donors (Lipinski definition) is 3. The van der Waals surface area contributed by atoms with Gasteiger partial charge in [0.2, 0.25) is 17.8 Å². The third-order valence-electron chi connectivity index (χ3n) is 3.55. The molecule has 0 aliphatic heterocycles. The van der Waals surface area contributed by atoms with Crippen molar-refractivity contribution in [3.8, 4) is 0 Å². The second-order valence-electron chi connectivity index (χ2n) is 6.30. The van der Waals surface area contributed by atoms with Crippen molar-refractivity contribution in [3.63, 3.8) is 0 Å². The summed E-state index contributed by atoms with van der Waals surface area (Å²) in [5.74, 6) is 0.855. The zero-order valence-electron chi connectivity index (χ0n) is 15.7. The van der Waals surface area contributed by atoms with Crippen molar-refractivity contribution in [1.82, 2.24) is 15.0 Å². The van der Waals surface area contributed by atoms with Gasteiger partial charge in [0.15, 0.2) is 0 Å². The van der Waals surface area contributed by atoms with E-state index in [4.69, 9.17) is 0 Å². The van der Waals surface area contributed by atoms with Crippen LogP contribution in [0.3, 0.4) is 0 Å². The summed E-state index contributed by atoms with van der Waals surface area (Å²) >= 11 is 0. The number of aromatic nitrogens is 3. The van der Waals surface area contributed by atoms with Crippen molar-refractivity contribution >= 4 is 41.6 Å². The van der Waals surface area contributed by atoms with Crippen LogP contribution in [0.4, 0.5) is 42.4 Å². The van der Waals surface area contributed by atoms with E-state index < -0.39 is 11.7 Å². The first-order valence-electron chi connectivity index (χ1n) is 8.58. The summed E-state index contributed by atoms with van der Waals surface area (Å²) in [5.41, 5.74) is 0.507. The van der Waals surface area contributed by atoms with Crippen molar-refractivity contribution in [2.75, 3.05) is 16.0 Å². The number of nitrogens with zero attached hydrogens (tertiary/aromatic N) is 3. The number of alkyl halides is 3. The summed E-state index contributed by atoms with van der Waals surface area (Å²) in [6.45, 7) is 3.88. The van der Waals surface area contributed by atoms with Crippen molar-refractivity contribution in [2.24, 2.45) is 0 Å². The summed E-state index contributed by atoms with van der Waals surface area (Å²) < 4.78 is 38.1. The number of para-hydroxylation sites is 1. The Morgan fingerprint density at radius 2 is 1.21 bits per heavy atom. The average Bonchev–Trinajstić information content (AvgIpc) is 2.61. The van der Waals surface area contributed by atoms with Crippen LogP contribution < -0.4 is 16.0 Å². The lowest BCUT2D eigenvalue weighted by atomic mass is 10.2. The van der Waals surface area contributed by atoms with E-state index in [1.54, 1.807) is 0 Å². The maximum absolute atomic E-state index is 12.7. The normalized spacial score (nSPS) is 11.0. The number of anilines is 5. The van der Waals surface area contributed by atoms with E-state index in [1.165, 1.54) is 12.1 Å². The van der Waals surface area contributed by atoms with Crippen LogP contribution in [0.2, 0.25) is 0 Å². The molecule has 6 nitrogen and oxygen atoms in total. The zero-order valence-corrected chi connectivity index (χ0v) is 16.5.